The fraction of sp³-hybridized carbons (Fsp3) is 0.0270. The van der Waals surface area contributed by atoms with Crippen molar-refractivity contribution < 1.29 is 0 Å². The van der Waals surface area contributed by atoms with E-state index in [0.29, 0.717) is 0 Å². The smallest absolute Gasteiger partial charge is 0.0835 e. The minimum Gasteiger partial charge on any atom is -0.296 e. The van der Waals surface area contributed by atoms with Gasteiger partial charge >= 0.3 is 0 Å². The fourth-order valence-corrected chi connectivity index (χ4v) is 5.83. The molecular formula is C37H28N2. The molecule has 0 aliphatic rings. The molecule has 2 heteroatoms. The Morgan fingerprint density at radius 2 is 1.15 bits per heavy atom. The highest BCUT2D eigenvalue weighted by atomic mass is 15.3. The zero-order chi connectivity index (χ0) is 26.3. The number of allylic oxidation sites excluding steroid dienone is 2. The summed E-state index contributed by atoms with van der Waals surface area (Å²) in [6.45, 7) is 5.89. The van der Waals surface area contributed by atoms with Crippen molar-refractivity contribution >= 4 is 38.4 Å². The summed E-state index contributed by atoms with van der Waals surface area (Å²) >= 11 is 0. The van der Waals surface area contributed by atoms with Gasteiger partial charge in [-0.15, -0.1) is 0 Å². The average molecular weight is 501 g/mol. The van der Waals surface area contributed by atoms with Gasteiger partial charge in [0.2, 0.25) is 0 Å². The van der Waals surface area contributed by atoms with E-state index in [1.165, 1.54) is 54.6 Å². The first-order valence-corrected chi connectivity index (χ1v) is 13.3. The monoisotopic (exact) mass is 500 g/mol. The summed E-state index contributed by atoms with van der Waals surface area (Å²) < 4.78 is 2.11. The predicted octanol–water partition coefficient (Wildman–Crippen LogP) is 10.1. The lowest BCUT2D eigenvalue weighted by atomic mass is 9.85. The standard InChI is InChI=1S/C37H28N2/c1-3-4-17-35-25(2)38-39(35)30-22-20-27(21-23-30)36-31-13-7-9-15-33(31)37(34-16-10-8-14-32(34)36)29-19-18-26-11-5-6-12-28(26)24-29/h3-24,38H,1H2,2H3/b17-4-. The van der Waals surface area contributed by atoms with Gasteiger partial charge in [0.15, 0.2) is 0 Å². The third-order valence-corrected chi connectivity index (χ3v) is 7.68. The van der Waals surface area contributed by atoms with E-state index in [1.807, 2.05) is 6.08 Å². The Bertz CT molecular complexity index is 1970. The zero-order valence-electron chi connectivity index (χ0n) is 21.9. The highest BCUT2D eigenvalue weighted by molar-refractivity contribution is 6.21. The van der Waals surface area contributed by atoms with Gasteiger partial charge in [-0.05, 0) is 85.8 Å². The molecule has 0 unspecified atom stereocenters. The van der Waals surface area contributed by atoms with E-state index in [0.717, 1.165) is 17.1 Å². The molecule has 6 aromatic carbocycles. The van der Waals surface area contributed by atoms with E-state index in [2.05, 4.69) is 145 Å². The molecule has 2 nitrogen and oxygen atoms in total. The molecule has 0 amide bonds. The number of aryl methyl sites for hydroxylation is 1. The highest BCUT2D eigenvalue weighted by Gasteiger charge is 2.17. The van der Waals surface area contributed by atoms with Gasteiger partial charge in [-0.1, -0.05) is 116 Å². The van der Waals surface area contributed by atoms with Gasteiger partial charge in [0.1, 0.15) is 0 Å². The molecule has 1 N–H and O–H groups in total. The Labute approximate surface area is 228 Å². The van der Waals surface area contributed by atoms with Crippen molar-refractivity contribution in [2.75, 3.05) is 0 Å². The third-order valence-electron chi connectivity index (χ3n) is 7.68. The predicted molar refractivity (Wildman–Crippen MR) is 167 cm³/mol. The number of rotatable bonds is 5. The summed E-state index contributed by atoms with van der Waals surface area (Å²) in [6, 6.07) is 41.9. The zero-order valence-corrected chi connectivity index (χ0v) is 21.9. The van der Waals surface area contributed by atoms with Crippen LogP contribution in [0.3, 0.4) is 0 Å². The normalized spacial score (nSPS) is 11.7. The van der Waals surface area contributed by atoms with Crippen LogP contribution in [0.1, 0.15) is 11.4 Å². The number of aromatic nitrogens is 2. The Morgan fingerprint density at radius 1 is 0.615 bits per heavy atom. The number of hydrogen-bond acceptors (Lipinski definition) is 0. The van der Waals surface area contributed by atoms with Crippen LogP contribution in [-0.4, -0.2) is 9.78 Å². The van der Waals surface area contributed by atoms with E-state index < -0.39 is 0 Å². The van der Waals surface area contributed by atoms with Crippen LogP contribution in [0.4, 0.5) is 0 Å². The molecule has 0 saturated heterocycles. The van der Waals surface area contributed by atoms with Crippen LogP contribution < -0.4 is 0 Å². The molecule has 0 spiro atoms. The molecule has 0 fully saturated rings. The first kappa shape index (κ1) is 23.1. The largest absolute Gasteiger partial charge is 0.296 e. The van der Waals surface area contributed by atoms with Gasteiger partial charge in [-0.3, -0.25) is 9.78 Å². The number of H-pyrrole nitrogens is 1. The fourth-order valence-electron chi connectivity index (χ4n) is 5.83. The quantitative estimate of drug-likeness (QED) is 0.179. The van der Waals surface area contributed by atoms with E-state index in [-0.39, 0.29) is 0 Å². The molecule has 1 heterocycles. The lowest BCUT2D eigenvalue weighted by Gasteiger charge is -2.21. The van der Waals surface area contributed by atoms with E-state index in [4.69, 9.17) is 0 Å². The second-order valence-electron chi connectivity index (χ2n) is 10.0. The van der Waals surface area contributed by atoms with Crippen molar-refractivity contribution in [2.24, 2.45) is 0 Å². The van der Waals surface area contributed by atoms with Crippen molar-refractivity contribution in [2.45, 2.75) is 6.92 Å². The van der Waals surface area contributed by atoms with Crippen molar-refractivity contribution in [1.29, 1.82) is 0 Å². The van der Waals surface area contributed by atoms with Gasteiger partial charge in [-0.2, -0.15) is 0 Å². The van der Waals surface area contributed by atoms with Crippen LogP contribution in [0.25, 0.3) is 66.3 Å². The van der Waals surface area contributed by atoms with Crippen LogP contribution in [0, 0.1) is 6.92 Å². The van der Waals surface area contributed by atoms with Gasteiger partial charge in [0.25, 0.3) is 0 Å². The first-order valence-electron chi connectivity index (χ1n) is 13.3. The number of aromatic amines is 1. The molecule has 7 aromatic rings. The van der Waals surface area contributed by atoms with Crippen LogP contribution >= 0.6 is 0 Å². The van der Waals surface area contributed by atoms with Crippen molar-refractivity contribution in [3.05, 3.63) is 145 Å². The first-order chi connectivity index (χ1) is 19.2. The van der Waals surface area contributed by atoms with E-state index in [9.17, 15) is 0 Å². The summed E-state index contributed by atoms with van der Waals surface area (Å²) in [5, 5.41) is 11.0. The molecule has 0 aliphatic carbocycles. The molecule has 7 rings (SSSR count). The maximum Gasteiger partial charge on any atom is 0.0835 e. The summed E-state index contributed by atoms with van der Waals surface area (Å²) in [5.74, 6) is 0. The molecule has 186 valence electrons. The number of nitrogens with one attached hydrogen (secondary N) is 1. The Balaban J connectivity index is 1.44. The molecule has 0 atom stereocenters. The van der Waals surface area contributed by atoms with Gasteiger partial charge < -0.3 is 0 Å². The minimum atomic E-state index is 1.11. The van der Waals surface area contributed by atoms with Gasteiger partial charge in [0, 0.05) is 0 Å². The number of fused-ring (bicyclic) bond motifs is 3. The second-order valence-corrected chi connectivity index (χ2v) is 10.0. The van der Waals surface area contributed by atoms with E-state index >= 15 is 0 Å². The number of benzene rings is 6. The minimum absolute atomic E-state index is 1.11. The van der Waals surface area contributed by atoms with Crippen LogP contribution in [-0.2, 0) is 0 Å². The van der Waals surface area contributed by atoms with Crippen LogP contribution in [0.15, 0.2) is 134 Å². The average Bonchev–Trinajstić information content (AvgIpc) is 2.98. The lowest BCUT2D eigenvalue weighted by molar-refractivity contribution is 0.737. The second kappa shape index (κ2) is 9.34. The molecule has 39 heavy (non-hydrogen) atoms. The maximum atomic E-state index is 3.80. The SMILES string of the molecule is C=C/C=C\c1c(C)[nH]n1-c1ccc(-c2c3ccccc3c(-c3ccc4ccccc4c3)c3ccccc23)cc1. The van der Waals surface area contributed by atoms with E-state index in [1.54, 1.807) is 6.08 Å². The Hall–Kier alpha value is -5.08. The molecule has 1 aromatic heterocycles. The van der Waals surface area contributed by atoms with Crippen molar-refractivity contribution in [3.8, 4) is 27.9 Å². The maximum absolute atomic E-state index is 3.80. The lowest BCUT2D eigenvalue weighted by Crippen LogP contribution is -2.14. The summed E-state index contributed by atoms with van der Waals surface area (Å²) in [6.07, 6.45) is 5.85. The topological polar surface area (TPSA) is 20.7 Å². The summed E-state index contributed by atoms with van der Waals surface area (Å²) in [5.41, 5.74) is 8.42. The molecule has 0 bridgehead atoms. The van der Waals surface area contributed by atoms with Crippen molar-refractivity contribution in [1.82, 2.24) is 9.78 Å². The Morgan fingerprint density at radius 3 is 1.74 bits per heavy atom. The number of hydrogen-bond donors (Lipinski definition) is 1. The van der Waals surface area contributed by atoms with Crippen LogP contribution in [0.5, 0.6) is 0 Å². The van der Waals surface area contributed by atoms with Crippen LogP contribution in [0.2, 0.25) is 0 Å². The molecule has 0 aliphatic heterocycles. The highest BCUT2D eigenvalue weighted by Crippen LogP contribution is 2.44. The molecule has 0 radical (unpaired) electrons. The molecule has 0 saturated carbocycles. The Kier molecular flexibility index (Phi) is 5.53. The van der Waals surface area contributed by atoms with Gasteiger partial charge in [0.05, 0.1) is 17.1 Å². The summed E-state index contributed by atoms with van der Waals surface area (Å²) in [7, 11) is 0. The third kappa shape index (κ3) is 3.81. The van der Waals surface area contributed by atoms with Crippen molar-refractivity contribution in [3.63, 3.8) is 0 Å². The molecular weight excluding hydrogens is 472 g/mol. The summed E-state index contributed by atoms with van der Waals surface area (Å²) in [4.78, 5) is 0. The number of nitrogens with zero attached hydrogens (tertiary/aromatic N) is 1. The van der Waals surface area contributed by atoms with Gasteiger partial charge in [-0.25, -0.2) is 0 Å².